The van der Waals surface area contributed by atoms with Crippen molar-refractivity contribution in [3.63, 3.8) is 0 Å². The second-order valence-corrected chi connectivity index (χ2v) is 7.55. The van der Waals surface area contributed by atoms with Gasteiger partial charge in [0.1, 0.15) is 5.82 Å². The maximum absolute atomic E-state index is 13.0. The zero-order chi connectivity index (χ0) is 22.1. The summed E-state index contributed by atoms with van der Waals surface area (Å²) in [6.45, 7) is 5.68. The number of rotatable bonds is 6. The van der Waals surface area contributed by atoms with Gasteiger partial charge in [0, 0.05) is 12.1 Å². The van der Waals surface area contributed by atoms with Crippen molar-refractivity contribution in [2.24, 2.45) is 5.92 Å². The first-order valence-corrected chi connectivity index (χ1v) is 9.78. The maximum Gasteiger partial charge on any atom is 0.274 e. The van der Waals surface area contributed by atoms with Crippen LogP contribution < -0.4 is 5.32 Å². The molecular formula is C21H21N7O3. The number of H-pyrrole nitrogens is 1. The van der Waals surface area contributed by atoms with Gasteiger partial charge in [-0.2, -0.15) is 0 Å². The number of non-ortho nitro benzene ring substituents is 1. The highest BCUT2D eigenvalue weighted by molar-refractivity contribution is 5.93. The Bertz CT molecular complexity index is 1240. The summed E-state index contributed by atoms with van der Waals surface area (Å²) in [4.78, 5) is 31.5. The fourth-order valence-corrected chi connectivity index (χ4v) is 3.40. The molecule has 0 bridgehead atoms. The van der Waals surface area contributed by atoms with Crippen LogP contribution in [-0.4, -0.2) is 35.8 Å². The number of hydrogen-bond acceptors (Lipinski definition) is 6. The van der Waals surface area contributed by atoms with Gasteiger partial charge in [0.25, 0.3) is 11.6 Å². The van der Waals surface area contributed by atoms with Crippen LogP contribution in [0.25, 0.3) is 16.7 Å². The van der Waals surface area contributed by atoms with Crippen molar-refractivity contribution in [3.8, 4) is 5.69 Å². The summed E-state index contributed by atoms with van der Waals surface area (Å²) in [6, 6.07) is 13.3. The molecule has 10 heteroatoms. The van der Waals surface area contributed by atoms with E-state index in [1.165, 1.54) is 16.8 Å². The third-order valence-corrected chi connectivity index (χ3v) is 5.05. The lowest BCUT2D eigenvalue weighted by atomic mass is 10.0. The maximum atomic E-state index is 13.0. The van der Waals surface area contributed by atoms with E-state index < -0.39 is 10.8 Å². The van der Waals surface area contributed by atoms with Crippen LogP contribution in [0.2, 0.25) is 0 Å². The second kappa shape index (κ2) is 7.98. The molecule has 158 valence electrons. The van der Waals surface area contributed by atoms with E-state index in [9.17, 15) is 14.9 Å². The van der Waals surface area contributed by atoms with Crippen molar-refractivity contribution in [3.05, 3.63) is 75.9 Å². The van der Waals surface area contributed by atoms with Crippen LogP contribution in [0.5, 0.6) is 0 Å². The number of para-hydroxylation sites is 2. The quantitative estimate of drug-likeness (QED) is 0.363. The van der Waals surface area contributed by atoms with Crippen LogP contribution in [0.4, 0.5) is 5.69 Å². The SMILES string of the molecule is Cc1c(C(=O)NC(c2nc3ccccc3[nH]2)C(C)C)nnn1-c1cccc([N+](=O)[O-])c1. The van der Waals surface area contributed by atoms with Crippen LogP contribution in [0, 0.1) is 23.0 Å². The van der Waals surface area contributed by atoms with Crippen LogP contribution >= 0.6 is 0 Å². The molecule has 2 aromatic heterocycles. The van der Waals surface area contributed by atoms with E-state index >= 15 is 0 Å². The number of aromatic nitrogens is 5. The van der Waals surface area contributed by atoms with Gasteiger partial charge in [0.15, 0.2) is 5.69 Å². The van der Waals surface area contributed by atoms with Gasteiger partial charge in [-0.15, -0.1) is 5.10 Å². The molecule has 2 heterocycles. The molecule has 4 aromatic rings. The second-order valence-electron chi connectivity index (χ2n) is 7.55. The molecule has 0 spiro atoms. The molecule has 2 N–H and O–H groups in total. The lowest BCUT2D eigenvalue weighted by Gasteiger charge is -2.19. The Kier molecular flexibility index (Phi) is 5.20. The number of hydrogen-bond donors (Lipinski definition) is 2. The van der Waals surface area contributed by atoms with E-state index in [1.807, 2.05) is 38.1 Å². The fourth-order valence-electron chi connectivity index (χ4n) is 3.40. The number of carbonyl (C=O) groups is 1. The minimum Gasteiger partial charge on any atom is -0.340 e. The minimum atomic E-state index is -0.482. The van der Waals surface area contributed by atoms with Crippen molar-refractivity contribution in [2.45, 2.75) is 26.8 Å². The summed E-state index contributed by atoms with van der Waals surface area (Å²) in [6.07, 6.45) is 0. The van der Waals surface area contributed by atoms with Crippen LogP contribution in [0.1, 0.15) is 41.9 Å². The normalized spacial score (nSPS) is 12.3. The van der Waals surface area contributed by atoms with E-state index in [4.69, 9.17) is 0 Å². The average molecular weight is 419 g/mol. The molecule has 2 aromatic carbocycles. The highest BCUT2D eigenvalue weighted by Crippen LogP contribution is 2.23. The number of amides is 1. The molecule has 31 heavy (non-hydrogen) atoms. The predicted octanol–water partition coefficient (Wildman–Crippen LogP) is 3.49. The first-order valence-electron chi connectivity index (χ1n) is 9.78. The predicted molar refractivity (Wildman–Crippen MR) is 114 cm³/mol. The first kappa shape index (κ1) is 20.2. The number of nitrogens with one attached hydrogen (secondary N) is 2. The lowest BCUT2D eigenvalue weighted by molar-refractivity contribution is -0.384. The summed E-state index contributed by atoms with van der Waals surface area (Å²) in [5.41, 5.74) is 2.73. The topological polar surface area (TPSA) is 132 Å². The Labute approximate surface area is 177 Å². The smallest absolute Gasteiger partial charge is 0.274 e. The zero-order valence-corrected chi connectivity index (χ0v) is 17.2. The van der Waals surface area contributed by atoms with Gasteiger partial charge in [-0.05, 0) is 31.0 Å². The largest absolute Gasteiger partial charge is 0.340 e. The Morgan fingerprint density at radius 3 is 2.68 bits per heavy atom. The van der Waals surface area contributed by atoms with Gasteiger partial charge in [0.05, 0.1) is 33.4 Å². The lowest BCUT2D eigenvalue weighted by Crippen LogP contribution is -2.33. The van der Waals surface area contributed by atoms with Gasteiger partial charge >= 0.3 is 0 Å². The van der Waals surface area contributed by atoms with E-state index in [-0.39, 0.29) is 23.3 Å². The fraction of sp³-hybridized carbons (Fsp3) is 0.238. The zero-order valence-electron chi connectivity index (χ0n) is 17.2. The highest BCUT2D eigenvalue weighted by Gasteiger charge is 2.25. The molecule has 4 rings (SSSR count). The summed E-state index contributed by atoms with van der Waals surface area (Å²) < 4.78 is 1.41. The molecule has 0 aliphatic rings. The average Bonchev–Trinajstić information content (AvgIpc) is 3.35. The van der Waals surface area contributed by atoms with Gasteiger partial charge in [-0.25, -0.2) is 9.67 Å². The molecule has 1 atom stereocenters. The Balaban J connectivity index is 1.62. The van der Waals surface area contributed by atoms with Gasteiger partial charge in [-0.1, -0.05) is 37.3 Å². The third kappa shape index (κ3) is 3.87. The summed E-state index contributed by atoms with van der Waals surface area (Å²) in [7, 11) is 0. The van der Waals surface area contributed by atoms with Crippen molar-refractivity contribution in [2.75, 3.05) is 0 Å². The van der Waals surface area contributed by atoms with E-state index in [0.29, 0.717) is 17.2 Å². The molecule has 0 saturated carbocycles. The van der Waals surface area contributed by atoms with E-state index in [2.05, 4.69) is 25.6 Å². The molecule has 0 fully saturated rings. The molecular weight excluding hydrogens is 398 g/mol. The van der Waals surface area contributed by atoms with Crippen molar-refractivity contribution in [1.29, 1.82) is 0 Å². The Hall–Kier alpha value is -4.08. The van der Waals surface area contributed by atoms with Gasteiger partial charge < -0.3 is 10.3 Å². The molecule has 0 aliphatic heterocycles. The van der Waals surface area contributed by atoms with Crippen LogP contribution in [0.15, 0.2) is 48.5 Å². The standard InChI is InChI=1S/C21H21N7O3/c1-12(2)18(20-22-16-9-4-5-10-17(16)23-20)24-21(29)19-13(3)27(26-25-19)14-7-6-8-15(11-14)28(30)31/h4-12,18H,1-3H3,(H,22,23)(H,24,29). The summed E-state index contributed by atoms with van der Waals surface area (Å²) in [5, 5.41) is 22.1. The minimum absolute atomic E-state index is 0.0663. The van der Waals surface area contributed by atoms with Gasteiger partial charge in [0.2, 0.25) is 0 Å². The van der Waals surface area contributed by atoms with E-state index in [0.717, 1.165) is 11.0 Å². The number of imidazole rings is 1. The van der Waals surface area contributed by atoms with Crippen LogP contribution in [-0.2, 0) is 0 Å². The van der Waals surface area contributed by atoms with Crippen LogP contribution in [0.3, 0.4) is 0 Å². The van der Waals surface area contributed by atoms with E-state index in [1.54, 1.807) is 19.1 Å². The number of fused-ring (bicyclic) bond motifs is 1. The molecule has 0 aliphatic carbocycles. The molecule has 10 nitrogen and oxygen atoms in total. The number of nitro benzene ring substituents is 1. The molecule has 1 amide bonds. The summed E-state index contributed by atoms with van der Waals surface area (Å²) in [5.74, 6) is 0.332. The molecule has 1 unspecified atom stereocenters. The number of carbonyl (C=O) groups excluding carboxylic acids is 1. The first-order chi connectivity index (χ1) is 14.8. The van der Waals surface area contributed by atoms with Gasteiger partial charge in [-0.3, -0.25) is 14.9 Å². The third-order valence-electron chi connectivity index (χ3n) is 5.05. The number of benzene rings is 2. The number of nitro groups is 1. The number of nitrogens with zero attached hydrogens (tertiary/aromatic N) is 5. The number of aromatic amines is 1. The molecule has 0 radical (unpaired) electrons. The van der Waals surface area contributed by atoms with Crippen molar-refractivity contribution < 1.29 is 9.72 Å². The molecule has 0 saturated heterocycles. The Morgan fingerprint density at radius 1 is 1.19 bits per heavy atom. The van der Waals surface area contributed by atoms with Crippen molar-refractivity contribution in [1.82, 2.24) is 30.3 Å². The monoisotopic (exact) mass is 419 g/mol. The highest BCUT2D eigenvalue weighted by atomic mass is 16.6. The summed E-state index contributed by atoms with van der Waals surface area (Å²) >= 11 is 0. The Morgan fingerprint density at radius 2 is 1.97 bits per heavy atom. The van der Waals surface area contributed by atoms with Crippen molar-refractivity contribution >= 4 is 22.6 Å².